The third kappa shape index (κ3) is 3.25. The molecule has 0 unspecified atom stereocenters. The molecule has 9 heteroatoms. The van der Waals surface area contributed by atoms with Gasteiger partial charge in [-0.1, -0.05) is 37.0 Å². The number of amides is 1. The van der Waals surface area contributed by atoms with Gasteiger partial charge in [-0.3, -0.25) is 9.78 Å². The fourth-order valence-electron chi connectivity index (χ4n) is 4.58. The average Bonchev–Trinajstić information content (AvgIpc) is 3.39. The summed E-state index contributed by atoms with van der Waals surface area (Å²) in [7, 11) is 0. The first kappa shape index (κ1) is 19.7. The van der Waals surface area contributed by atoms with E-state index in [0.29, 0.717) is 27.9 Å². The third-order valence-electron chi connectivity index (χ3n) is 5.90. The summed E-state index contributed by atoms with van der Waals surface area (Å²) in [6.45, 7) is 4.92. The Morgan fingerprint density at radius 2 is 2.10 bits per heavy atom. The maximum absolute atomic E-state index is 13.2. The van der Waals surface area contributed by atoms with Crippen molar-refractivity contribution in [3.63, 3.8) is 0 Å². The molecule has 2 atom stereocenters. The number of carbonyl (C=O) groups is 1. The maximum atomic E-state index is 13.2. The molecule has 1 fully saturated rings. The summed E-state index contributed by atoms with van der Waals surface area (Å²) >= 11 is 12.5. The van der Waals surface area contributed by atoms with Crippen LogP contribution >= 0.6 is 23.2 Å². The Bertz CT molecular complexity index is 1150. The zero-order valence-corrected chi connectivity index (χ0v) is 18.2. The molecule has 5 rings (SSSR count). The molecule has 3 aromatic heterocycles. The molecule has 2 aliphatic rings. The van der Waals surface area contributed by atoms with Gasteiger partial charge in [0.1, 0.15) is 6.10 Å². The molecule has 7 nitrogen and oxygen atoms in total. The number of ether oxygens (including phenoxy) is 1. The molecule has 1 aliphatic heterocycles. The van der Waals surface area contributed by atoms with E-state index in [4.69, 9.17) is 27.9 Å². The molecule has 3 aromatic rings. The molecule has 1 saturated heterocycles. The van der Waals surface area contributed by atoms with Gasteiger partial charge in [0.05, 0.1) is 34.2 Å². The normalized spacial score (nSPS) is 22.4. The Kier molecular flexibility index (Phi) is 4.72. The van der Waals surface area contributed by atoms with Crippen molar-refractivity contribution in [1.29, 1.82) is 0 Å². The van der Waals surface area contributed by atoms with Gasteiger partial charge in [0, 0.05) is 29.8 Å². The highest BCUT2D eigenvalue weighted by molar-refractivity contribution is 6.31. The predicted molar refractivity (Wildman–Crippen MR) is 114 cm³/mol. The number of hydrogen-bond acceptors (Lipinski definition) is 5. The molecule has 156 valence electrons. The second-order valence-corrected chi connectivity index (χ2v) is 9.32. The van der Waals surface area contributed by atoms with Crippen molar-refractivity contribution in [2.24, 2.45) is 0 Å². The van der Waals surface area contributed by atoms with E-state index in [-0.39, 0.29) is 23.3 Å². The molecule has 0 aromatic carbocycles. The first-order chi connectivity index (χ1) is 14.3. The summed E-state index contributed by atoms with van der Waals surface area (Å²) in [6, 6.07) is 3.45. The van der Waals surface area contributed by atoms with Crippen molar-refractivity contribution in [3.8, 4) is 0 Å². The standard InChI is InChI=1S/C21H21Cl2N5O2/c1-21(2)8-12(13-10-24-17-7-16(23)27-28(17)19(13)21)20(29)26-11-6-14(22)18(25-9-11)15-4-3-5-30-15/h6-7,9-10,12,15H,3-5,8H2,1-2H3,(H,26,29)/t12-,15-/m1/s1. The number of hydrogen-bond donors (Lipinski definition) is 1. The largest absolute Gasteiger partial charge is 0.372 e. The average molecular weight is 446 g/mol. The Labute approximate surface area is 183 Å². The number of carbonyl (C=O) groups excluding carboxylic acids is 1. The predicted octanol–water partition coefficient (Wildman–Crippen LogP) is 4.69. The number of pyridine rings is 1. The minimum Gasteiger partial charge on any atom is -0.372 e. The van der Waals surface area contributed by atoms with Gasteiger partial charge in [0.25, 0.3) is 0 Å². The van der Waals surface area contributed by atoms with E-state index in [1.807, 2.05) is 0 Å². The Morgan fingerprint density at radius 3 is 2.83 bits per heavy atom. The van der Waals surface area contributed by atoms with Gasteiger partial charge >= 0.3 is 0 Å². The lowest BCUT2D eigenvalue weighted by atomic mass is 9.88. The van der Waals surface area contributed by atoms with Crippen LogP contribution in [0.4, 0.5) is 5.69 Å². The van der Waals surface area contributed by atoms with Crippen molar-refractivity contribution in [1.82, 2.24) is 19.6 Å². The SMILES string of the molecule is CC1(C)C[C@@H](C(=O)Nc2cnc([C@H]3CCCO3)c(Cl)c2)c2cnc3cc(Cl)nn3c21. The van der Waals surface area contributed by atoms with Crippen LogP contribution in [0.2, 0.25) is 10.2 Å². The number of nitrogens with one attached hydrogen (secondary N) is 1. The first-order valence-electron chi connectivity index (χ1n) is 9.96. The van der Waals surface area contributed by atoms with Crippen LogP contribution in [0.25, 0.3) is 5.65 Å². The fraction of sp³-hybridized carbons (Fsp3) is 0.429. The zero-order chi connectivity index (χ0) is 21.0. The molecule has 4 heterocycles. The molecule has 1 N–H and O–H groups in total. The quantitative estimate of drug-likeness (QED) is 0.632. The van der Waals surface area contributed by atoms with Gasteiger partial charge in [0.2, 0.25) is 5.91 Å². The Morgan fingerprint density at radius 1 is 1.27 bits per heavy atom. The molecular formula is C21H21Cl2N5O2. The van der Waals surface area contributed by atoms with E-state index < -0.39 is 0 Å². The molecule has 30 heavy (non-hydrogen) atoms. The van der Waals surface area contributed by atoms with Gasteiger partial charge in [-0.25, -0.2) is 9.50 Å². The third-order valence-corrected chi connectivity index (χ3v) is 6.39. The molecule has 0 radical (unpaired) electrons. The summed E-state index contributed by atoms with van der Waals surface area (Å²) in [4.78, 5) is 22.0. The molecule has 1 amide bonds. The monoisotopic (exact) mass is 445 g/mol. The fourth-order valence-corrected chi connectivity index (χ4v) is 5.04. The van der Waals surface area contributed by atoms with Crippen LogP contribution in [-0.4, -0.2) is 32.1 Å². The summed E-state index contributed by atoms with van der Waals surface area (Å²) in [5.74, 6) is -0.476. The molecular weight excluding hydrogens is 425 g/mol. The number of anilines is 1. The Balaban J connectivity index is 1.43. The van der Waals surface area contributed by atoms with Crippen molar-refractivity contribution in [2.45, 2.75) is 50.5 Å². The Hall–Kier alpha value is -2.22. The van der Waals surface area contributed by atoms with E-state index in [0.717, 1.165) is 36.4 Å². The van der Waals surface area contributed by atoms with Gasteiger partial charge in [-0.2, -0.15) is 5.10 Å². The summed E-state index contributed by atoms with van der Waals surface area (Å²) in [6.07, 6.45) is 5.87. The van der Waals surface area contributed by atoms with Crippen LogP contribution < -0.4 is 5.32 Å². The lowest BCUT2D eigenvalue weighted by Gasteiger charge is -2.19. The minimum absolute atomic E-state index is 0.0702. The summed E-state index contributed by atoms with van der Waals surface area (Å²) < 4.78 is 7.41. The highest BCUT2D eigenvalue weighted by Gasteiger charge is 2.43. The highest BCUT2D eigenvalue weighted by Crippen LogP contribution is 2.46. The van der Waals surface area contributed by atoms with Crippen molar-refractivity contribution < 1.29 is 9.53 Å². The molecule has 0 saturated carbocycles. The number of halogens is 2. The van der Waals surface area contributed by atoms with Crippen molar-refractivity contribution in [3.05, 3.63) is 51.7 Å². The van der Waals surface area contributed by atoms with Gasteiger partial charge in [-0.15, -0.1) is 0 Å². The number of fused-ring (bicyclic) bond motifs is 3. The lowest BCUT2D eigenvalue weighted by Crippen LogP contribution is -2.21. The smallest absolute Gasteiger partial charge is 0.232 e. The van der Waals surface area contributed by atoms with Crippen LogP contribution in [0.5, 0.6) is 0 Å². The van der Waals surface area contributed by atoms with Crippen LogP contribution in [0.1, 0.15) is 62.1 Å². The maximum Gasteiger partial charge on any atom is 0.232 e. The van der Waals surface area contributed by atoms with E-state index in [1.165, 1.54) is 0 Å². The van der Waals surface area contributed by atoms with E-state index >= 15 is 0 Å². The lowest BCUT2D eigenvalue weighted by molar-refractivity contribution is -0.117. The van der Waals surface area contributed by atoms with Crippen LogP contribution in [-0.2, 0) is 14.9 Å². The minimum atomic E-state index is -0.355. The van der Waals surface area contributed by atoms with Crippen molar-refractivity contribution in [2.75, 3.05) is 11.9 Å². The van der Waals surface area contributed by atoms with E-state index in [9.17, 15) is 4.79 Å². The molecule has 0 spiro atoms. The topological polar surface area (TPSA) is 81.4 Å². The number of nitrogens with zero attached hydrogens (tertiary/aromatic N) is 4. The van der Waals surface area contributed by atoms with Crippen LogP contribution in [0, 0.1) is 0 Å². The second kappa shape index (κ2) is 7.18. The van der Waals surface area contributed by atoms with Crippen LogP contribution in [0.3, 0.4) is 0 Å². The van der Waals surface area contributed by atoms with Crippen LogP contribution in [0.15, 0.2) is 24.5 Å². The van der Waals surface area contributed by atoms with E-state index in [2.05, 4.69) is 34.2 Å². The van der Waals surface area contributed by atoms with E-state index in [1.54, 1.807) is 29.0 Å². The number of rotatable bonds is 3. The van der Waals surface area contributed by atoms with Crippen molar-refractivity contribution >= 4 is 40.4 Å². The van der Waals surface area contributed by atoms with Gasteiger partial charge < -0.3 is 10.1 Å². The second-order valence-electron chi connectivity index (χ2n) is 8.52. The molecule has 1 aliphatic carbocycles. The molecule has 0 bridgehead atoms. The summed E-state index contributed by atoms with van der Waals surface area (Å²) in [5, 5.41) is 8.21. The first-order valence-corrected chi connectivity index (χ1v) is 10.7. The number of aromatic nitrogens is 4. The highest BCUT2D eigenvalue weighted by atomic mass is 35.5. The zero-order valence-electron chi connectivity index (χ0n) is 16.7. The van der Waals surface area contributed by atoms with Gasteiger partial charge in [0.15, 0.2) is 10.8 Å². The van der Waals surface area contributed by atoms with Gasteiger partial charge in [-0.05, 0) is 25.3 Å². The summed E-state index contributed by atoms with van der Waals surface area (Å²) in [5.41, 5.74) is 3.53.